The third-order valence-corrected chi connectivity index (χ3v) is 3.54. The molecule has 0 fully saturated rings. The summed E-state index contributed by atoms with van der Waals surface area (Å²) in [4.78, 5) is 14.1. The Kier molecular flexibility index (Phi) is 3.48. The summed E-state index contributed by atoms with van der Waals surface area (Å²) in [7, 11) is 0. The SMILES string of the molecule is Nc1ccc2c(c1)CCCN2C(=O)Nc1cccc(F)c1. The zero-order valence-corrected chi connectivity index (χ0v) is 11.5. The number of anilines is 3. The molecular formula is C16H16FN3O. The third kappa shape index (κ3) is 2.81. The zero-order valence-electron chi connectivity index (χ0n) is 11.5. The molecule has 0 bridgehead atoms. The first-order valence-corrected chi connectivity index (χ1v) is 6.86. The van der Waals surface area contributed by atoms with E-state index in [0.29, 0.717) is 17.9 Å². The Bertz CT molecular complexity index is 687. The summed E-state index contributed by atoms with van der Waals surface area (Å²) in [5.41, 5.74) is 8.86. The first kappa shape index (κ1) is 13.4. The Morgan fingerprint density at radius 1 is 1.24 bits per heavy atom. The first-order valence-electron chi connectivity index (χ1n) is 6.86. The molecule has 5 heteroatoms. The molecule has 1 heterocycles. The minimum absolute atomic E-state index is 0.258. The van der Waals surface area contributed by atoms with Crippen molar-refractivity contribution in [1.82, 2.24) is 0 Å². The molecule has 3 N–H and O–H groups in total. The van der Waals surface area contributed by atoms with Gasteiger partial charge in [0.05, 0.1) is 0 Å². The zero-order chi connectivity index (χ0) is 14.8. The van der Waals surface area contributed by atoms with Crippen molar-refractivity contribution in [2.24, 2.45) is 0 Å². The van der Waals surface area contributed by atoms with Crippen LogP contribution in [0.5, 0.6) is 0 Å². The van der Waals surface area contributed by atoms with Gasteiger partial charge in [0.1, 0.15) is 5.82 Å². The fraction of sp³-hybridized carbons (Fsp3) is 0.188. The predicted octanol–water partition coefficient (Wildman–Crippen LogP) is 3.39. The number of benzene rings is 2. The number of nitrogens with zero attached hydrogens (tertiary/aromatic N) is 1. The number of hydrogen-bond donors (Lipinski definition) is 2. The van der Waals surface area contributed by atoms with Gasteiger partial charge in [-0.15, -0.1) is 0 Å². The lowest BCUT2D eigenvalue weighted by atomic mass is 10.0. The van der Waals surface area contributed by atoms with E-state index in [-0.39, 0.29) is 11.8 Å². The van der Waals surface area contributed by atoms with Gasteiger partial charge < -0.3 is 11.1 Å². The average Bonchev–Trinajstić information content (AvgIpc) is 2.46. The molecule has 0 aromatic heterocycles. The summed E-state index contributed by atoms with van der Waals surface area (Å²) >= 11 is 0. The van der Waals surface area contributed by atoms with Crippen molar-refractivity contribution >= 4 is 23.1 Å². The molecule has 108 valence electrons. The van der Waals surface area contributed by atoms with Crippen LogP contribution >= 0.6 is 0 Å². The Labute approximate surface area is 122 Å². The molecule has 1 aliphatic rings. The monoisotopic (exact) mass is 285 g/mol. The molecule has 0 atom stereocenters. The van der Waals surface area contributed by atoms with Crippen LogP contribution in [0, 0.1) is 5.82 Å². The van der Waals surface area contributed by atoms with Gasteiger partial charge in [-0.3, -0.25) is 4.90 Å². The highest BCUT2D eigenvalue weighted by Crippen LogP contribution is 2.29. The molecule has 3 rings (SSSR count). The van der Waals surface area contributed by atoms with Crippen LogP contribution in [0.2, 0.25) is 0 Å². The van der Waals surface area contributed by atoms with Crippen LogP contribution in [0.15, 0.2) is 42.5 Å². The molecule has 0 radical (unpaired) electrons. The quantitative estimate of drug-likeness (QED) is 0.789. The third-order valence-electron chi connectivity index (χ3n) is 3.54. The van der Waals surface area contributed by atoms with Crippen LogP contribution in [-0.4, -0.2) is 12.6 Å². The lowest BCUT2D eigenvalue weighted by molar-refractivity contribution is 0.256. The summed E-state index contributed by atoms with van der Waals surface area (Å²) in [5, 5.41) is 2.72. The lowest BCUT2D eigenvalue weighted by Crippen LogP contribution is -2.38. The molecule has 0 aliphatic carbocycles. The van der Waals surface area contributed by atoms with Crippen LogP contribution in [0.4, 0.5) is 26.2 Å². The van der Waals surface area contributed by atoms with E-state index in [1.807, 2.05) is 12.1 Å². The minimum Gasteiger partial charge on any atom is -0.399 e. The second-order valence-electron chi connectivity index (χ2n) is 5.08. The van der Waals surface area contributed by atoms with Gasteiger partial charge in [-0.1, -0.05) is 6.07 Å². The van der Waals surface area contributed by atoms with Crippen LogP contribution in [0.1, 0.15) is 12.0 Å². The largest absolute Gasteiger partial charge is 0.399 e. The van der Waals surface area contributed by atoms with Gasteiger partial charge in [-0.2, -0.15) is 0 Å². The summed E-state index contributed by atoms with van der Waals surface area (Å²) in [6.45, 7) is 0.637. The van der Waals surface area contributed by atoms with Crippen molar-refractivity contribution in [3.63, 3.8) is 0 Å². The van der Waals surface area contributed by atoms with Crippen LogP contribution in [0.3, 0.4) is 0 Å². The highest BCUT2D eigenvalue weighted by molar-refractivity contribution is 6.02. The van der Waals surface area contributed by atoms with E-state index in [4.69, 9.17) is 5.73 Å². The van der Waals surface area contributed by atoms with Gasteiger partial charge in [0.15, 0.2) is 0 Å². The maximum Gasteiger partial charge on any atom is 0.326 e. The summed E-state index contributed by atoms with van der Waals surface area (Å²) in [5.74, 6) is -0.375. The van der Waals surface area contributed by atoms with E-state index in [0.717, 1.165) is 24.1 Å². The number of carbonyl (C=O) groups is 1. The van der Waals surface area contributed by atoms with Crippen LogP contribution in [-0.2, 0) is 6.42 Å². The molecule has 21 heavy (non-hydrogen) atoms. The number of halogens is 1. The minimum atomic E-state index is -0.375. The second kappa shape index (κ2) is 5.44. The van der Waals surface area contributed by atoms with Crippen molar-refractivity contribution in [3.8, 4) is 0 Å². The highest BCUT2D eigenvalue weighted by Gasteiger charge is 2.22. The molecule has 4 nitrogen and oxygen atoms in total. The maximum atomic E-state index is 13.2. The van der Waals surface area contributed by atoms with Crippen molar-refractivity contribution < 1.29 is 9.18 Å². The number of nitrogens with one attached hydrogen (secondary N) is 1. The summed E-state index contributed by atoms with van der Waals surface area (Å²) in [6, 6.07) is 11.1. The smallest absolute Gasteiger partial charge is 0.326 e. The number of fused-ring (bicyclic) bond motifs is 1. The van der Waals surface area contributed by atoms with Crippen molar-refractivity contribution in [3.05, 3.63) is 53.8 Å². The Morgan fingerprint density at radius 2 is 2.10 bits per heavy atom. The lowest BCUT2D eigenvalue weighted by Gasteiger charge is -2.29. The number of hydrogen-bond acceptors (Lipinski definition) is 2. The number of nitrogen functional groups attached to an aromatic ring is 1. The van der Waals surface area contributed by atoms with Gasteiger partial charge in [0, 0.05) is 23.6 Å². The number of amides is 2. The standard InChI is InChI=1S/C16H16FN3O/c17-12-4-1-5-14(10-12)19-16(21)20-8-2-3-11-9-13(18)6-7-15(11)20/h1,4-7,9-10H,2-3,8,18H2,(H,19,21). The van der Waals surface area contributed by atoms with Gasteiger partial charge >= 0.3 is 6.03 Å². The predicted molar refractivity (Wildman–Crippen MR) is 81.9 cm³/mol. The van der Waals surface area contributed by atoms with Crippen molar-refractivity contribution in [1.29, 1.82) is 0 Å². The van der Waals surface area contributed by atoms with E-state index < -0.39 is 0 Å². The Hall–Kier alpha value is -2.56. The molecular weight excluding hydrogens is 269 g/mol. The Morgan fingerprint density at radius 3 is 2.90 bits per heavy atom. The van der Waals surface area contributed by atoms with Crippen LogP contribution < -0.4 is 16.0 Å². The van der Waals surface area contributed by atoms with E-state index in [9.17, 15) is 9.18 Å². The van der Waals surface area contributed by atoms with E-state index in [1.54, 1.807) is 23.1 Å². The van der Waals surface area contributed by atoms with Crippen molar-refractivity contribution in [2.75, 3.05) is 22.5 Å². The molecule has 1 aliphatic heterocycles. The van der Waals surface area contributed by atoms with E-state index in [2.05, 4.69) is 5.32 Å². The fourth-order valence-corrected chi connectivity index (χ4v) is 2.59. The number of nitrogens with two attached hydrogens (primary N) is 1. The molecule has 2 aromatic carbocycles. The maximum absolute atomic E-state index is 13.2. The van der Waals surface area contributed by atoms with E-state index >= 15 is 0 Å². The Balaban J connectivity index is 1.83. The number of rotatable bonds is 1. The number of urea groups is 1. The van der Waals surface area contributed by atoms with E-state index in [1.165, 1.54) is 12.1 Å². The normalized spacial score (nSPS) is 13.7. The molecule has 0 spiro atoms. The topological polar surface area (TPSA) is 58.4 Å². The second-order valence-corrected chi connectivity index (χ2v) is 5.08. The molecule has 0 saturated heterocycles. The molecule has 0 saturated carbocycles. The average molecular weight is 285 g/mol. The molecule has 2 aromatic rings. The van der Waals surface area contributed by atoms with Gasteiger partial charge in [-0.05, 0) is 54.8 Å². The van der Waals surface area contributed by atoms with Gasteiger partial charge in [0.25, 0.3) is 0 Å². The van der Waals surface area contributed by atoms with Gasteiger partial charge in [0.2, 0.25) is 0 Å². The first-order chi connectivity index (χ1) is 10.1. The summed E-state index contributed by atoms with van der Waals surface area (Å²) in [6.07, 6.45) is 1.79. The fourth-order valence-electron chi connectivity index (χ4n) is 2.59. The summed E-state index contributed by atoms with van der Waals surface area (Å²) < 4.78 is 13.2. The number of aryl methyl sites for hydroxylation is 1. The number of carbonyl (C=O) groups excluding carboxylic acids is 1. The highest BCUT2D eigenvalue weighted by atomic mass is 19.1. The van der Waals surface area contributed by atoms with Crippen LogP contribution in [0.25, 0.3) is 0 Å². The van der Waals surface area contributed by atoms with Gasteiger partial charge in [-0.25, -0.2) is 9.18 Å². The molecule has 2 amide bonds. The van der Waals surface area contributed by atoms with Crippen molar-refractivity contribution in [2.45, 2.75) is 12.8 Å². The molecule has 0 unspecified atom stereocenters.